The van der Waals surface area contributed by atoms with E-state index in [4.69, 9.17) is 0 Å². The highest BCUT2D eigenvalue weighted by molar-refractivity contribution is 5.97. The van der Waals surface area contributed by atoms with Crippen LogP contribution in [0.5, 0.6) is 0 Å². The number of carbonyl (C=O) groups is 1. The lowest BCUT2D eigenvalue weighted by atomic mass is 10.1. The van der Waals surface area contributed by atoms with Crippen molar-refractivity contribution in [2.45, 2.75) is 20.3 Å². The third-order valence-corrected chi connectivity index (χ3v) is 4.39. The number of piperazine rings is 1. The highest BCUT2D eigenvalue weighted by Gasteiger charge is 2.12. The normalized spacial score (nSPS) is 15.5. The molecule has 0 spiro atoms. The number of benzene rings is 1. The van der Waals surface area contributed by atoms with E-state index >= 15 is 0 Å². The smallest absolute Gasteiger partial charge is 0.263 e. The van der Waals surface area contributed by atoms with Gasteiger partial charge in [-0.15, -0.1) is 0 Å². The maximum atomic E-state index is 12.2. The molecule has 1 saturated heterocycles. The van der Waals surface area contributed by atoms with Gasteiger partial charge in [-0.25, -0.2) is 0 Å². The third kappa shape index (κ3) is 5.59. The van der Waals surface area contributed by atoms with E-state index < -0.39 is 0 Å². The Morgan fingerprint density at radius 2 is 2.16 bits per heavy atom. The molecule has 2 rings (SSSR count). The van der Waals surface area contributed by atoms with E-state index in [2.05, 4.69) is 27.8 Å². The number of nitriles is 1. The van der Waals surface area contributed by atoms with Crippen molar-refractivity contribution in [2.75, 3.05) is 44.6 Å². The second kappa shape index (κ2) is 9.82. The molecule has 0 unspecified atom stereocenters. The molecule has 6 nitrogen and oxygen atoms in total. The summed E-state index contributed by atoms with van der Waals surface area (Å²) in [6.07, 6.45) is 2.39. The molecular weight excluding hydrogens is 314 g/mol. The Bertz CT molecular complexity index is 656. The predicted octanol–water partition coefficient (Wildman–Crippen LogP) is 1.40. The number of para-hydroxylation sites is 1. The van der Waals surface area contributed by atoms with Gasteiger partial charge in [0.05, 0.1) is 0 Å². The zero-order valence-corrected chi connectivity index (χ0v) is 15.1. The molecule has 1 aromatic carbocycles. The number of anilines is 1. The maximum Gasteiger partial charge on any atom is 0.263 e. The number of hydrogen-bond donors (Lipinski definition) is 3. The summed E-state index contributed by atoms with van der Waals surface area (Å²) in [5, 5.41) is 18.5. The van der Waals surface area contributed by atoms with Crippen molar-refractivity contribution < 1.29 is 4.79 Å². The number of hydrogen-bond acceptors (Lipinski definition) is 5. The lowest BCUT2D eigenvalue weighted by molar-refractivity contribution is -0.117. The first-order chi connectivity index (χ1) is 12.2. The van der Waals surface area contributed by atoms with Crippen LogP contribution in [0.25, 0.3) is 0 Å². The van der Waals surface area contributed by atoms with E-state index in [9.17, 15) is 10.1 Å². The van der Waals surface area contributed by atoms with Gasteiger partial charge in [0.25, 0.3) is 5.91 Å². The summed E-state index contributed by atoms with van der Waals surface area (Å²) < 4.78 is 0. The van der Waals surface area contributed by atoms with Crippen LogP contribution in [0.3, 0.4) is 0 Å². The van der Waals surface area contributed by atoms with Crippen molar-refractivity contribution in [1.29, 1.82) is 5.26 Å². The molecule has 0 bridgehead atoms. The average Bonchev–Trinajstić information content (AvgIpc) is 2.64. The van der Waals surface area contributed by atoms with Gasteiger partial charge in [-0.3, -0.25) is 9.69 Å². The predicted molar refractivity (Wildman–Crippen MR) is 100 cm³/mol. The Labute approximate surface area is 149 Å². The van der Waals surface area contributed by atoms with Crippen LogP contribution in [0, 0.1) is 18.3 Å². The van der Waals surface area contributed by atoms with Gasteiger partial charge in [-0.1, -0.05) is 25.1 Å². The van der Waals surface area contributed by atoms with Gasteiger partial charge in [0, 0.05) is 51.2 Å². The Morgan fingerprint density at radius 3 is 2.84 bits per heavy atom. The minimum absolute atomic E-state index is 0.0885. The van der Waals surface area contributed by atoms with Gasteiger partial charge in [0.2, 0.25) is 0 Å². The quantitative estimate of drug-likeness (QED) is 0.516. The summed E-state index contributed by atoms with van der Waals surface area (Å²) in [5.41, 5.74) is 3.30. The molecule has 1 amide bonds. The average molecular weight is 341 g/mol. The molecule has 1 heterocycles. The fourth-order valence-corrected chi connectivity index (χ4v) is 2.88. The highest BCUT2D eigenvalue weighted by Crippen LogP contribution is 2.21. The van der Waals surface area contributed by atoms with Crippen LogP contribution < -0.4 is 16.0 Å². The summed E-state index contributed by atoms with van der Waals surface area (Å²) in [6, 6.07) is 8.04. The van der Waals surface area contributed by atoms with E-state index in [0.717, 1.165) is 56.0 Å². The first-order valence-corrected chi connectivity index (χ1v) is 8.82. The molecule has 6 heteroatoms. The van der Waals surface area contributed by atoms with Crippen LogP contribution in [0.1, 0.15) is 18.1 Å². The van der Waals surface area contributed by atoms with Gasteiger partial charge in [-0.05, 0) is 24.5 Å². The van der Waals surface area contributed by atoms with Crippen LogP contribution in [-0.4, -0.2) is 50.1 Å². The first-order valence-electron chi connectivity index (χ1n) is 8.82. The largest absolute Gasteiger partial charge is 0.360 e. The number of rotatable bonds is 7. The first kappa shape index (κ1) is 19.0. The van der Waals surface area contributed by atoms with Gasteiger partial charge >= 0.3 is 0 Å². The van der Waals surface area contributed by atoms with Crippen molar-refractivity contribution in [3.05, 3.63) is 41.1 Å². The Hall–Kier alpha value is -2.36. The number of nitrogens with one attached hydrogen (secondary N) is 3. The lowest BCUT2D eigenvalue weighted by Crippen LogP contribution is -2.46. The molecule has 0 aliphatic carbocycles. The second-order valence-electron chi connectivity index (χ2n) is 6.12. The molecule has 3 N–H and O–H groups in total. The van der Waals surface area contributed by atoms with Gasteiger partial charge in [-0.2, -0.15) is 5.26 Å². The fraction of sp³-hybridized carbons (Fsp3) is 0.474. The fourth-order valence-electron chi connectivity index (χ4n) is 2.88. The molecule has 1 aliphatic rings. The molecule has 1 aliphatic heterocycles. The molecule has 0 saturated carbocycles. The molecule has 0 radical (unpaired) electrons. The van der Waals surface area contributed by atoms with Crippen molar-refractivity contribution in [1.82, 2.24) is 15.5 Å². The molecule has 134 valence electrons. The van der Waals surface area contributed by atoms with Crippen LogP contribution in [-0.2, 0) is 11.2 Å². The Balaban J connectivity index is 1.91. The maximum absolute atomic E-state index is 12.2. The van der Waals surface area contributed by atoms with E-state index in [1.807, 2.05) is 31.2 Å². The molecule has 0 atom stereocenters. The van der Waals surface area contributed by atoms with E-state index in [-0.39, 0.29) is 11.5 Å². The van der Waals surface area contributed by atoms with Crippen molar-refractivity contribution in [2.24, 2.45) is 0 Å². The molecular formula is C19H27N5O. The second-order valence-corrected chi connectivity index (χ2v) is 6.12. The lowest BCUT2D eigenvalue weighted by Gasteiger charge is -2.27. The molecule has 0 aromatic heterocycles. The van der Waals surface area contributed by atoms with Crippen molar-refractivity contribution in [3.8, 4) is 6.07 Å². The molecule has 1 aromatic rings. The minimum Gasteiger partial charge on any atom is -0.360 e. The van der Waals surface area contributed by atoms with Crippen LogP contribution in [0.4, 0.5) is 5.69 Å². The molecule has 1 fully saturated rings. The zero-order chi connectivity index (χ0) is 18.1. The Morgan fingerprint density at radius 1 is 1.40 bits per heavy atom. The van der Waals surface area contributed by atoms with Gasteiger partial charge < -0.3 is 16.0 Å². The van der Waals surface area contributed by atoms with Gasteiger partial charge in [0.15, 0.2) is 0 Å². The molecule has 25 heavy (non-hydrogen) atoms. The summed E-state index contributed by atoms with van der Waals surface area (Å²) in [6.45, 7) is 9.39. The minimum atomic E-state index is -0.336. The zero-order valence-electron chi connectivity index (χ0n) is 15.1. The van der Waals surface area contributed by atoms with E-state index in [1.165, 1.54) is 6.20 Å². The number of nitrogens with zero attached hydrogens (tertiary/aromatic N) is 2. The monoisotopic (exact) mass is 341 g/mol. The van der Waals surface area contributed by atoms with E-state index in [0.29, 0.717) is 6.54 Å². The van der Waals surface area contributed by atoms with Crippen LogP contribution >= 0.6 is 0 Å². The third-order valence-electron chi connectivity index (χ3n) is 4.39. The SMILES string of the molecule is CCc1cccc(C)c1N/C=C(/C#N)C(=O)NCCN1CCNCC1. The summed E-state index contributed by atoms with van der Waals surface area (Å²) in [7, 11) is 0. The van der Waals surface area contributed by atoms with Crippen LogP contribution in [0.15, 0.2) is 30.0 Å². The summed E-state index contributed by atoms with van der Waals surface area (Å²) >= 11 is 0. The highest BCUT2D eigenvalue weighted by atomic mass is 16.1. The Kier molecular flexibility index (Phi) is 7.45. The van der Waals surface area contributed by atoms with Crippen LogP contribution in [0.2, 0.25) is 0 Å². The summed E-state index contributed by atoms with van der Waals surface area (Å²) in [5.74, 6) is -0.336. The van der Waals surface area contributed by atoms with Gasteiger partial charge in [0.1, 0.15) is 11.6 Å². The number of amides is 1. The van der Waals surface area contributed by atoms with Crippen molar-refractivity contribution in [3.63, 3.8) is 0 Å². The topological polar surface area (TPSA) is 80.2 Å². The number of aryl methyl sites for hydroxylation is 2. The number of carbonyl (C=O) groups excluding carboxylic acids is 1. The van der Waals surface area contributed by atoms with Crippen molar-refractivity contribution >= 4 is 11.6 Å². The van der Waals surface area contributed by atoms with E-state index in [1.54, 1.807) is 0 Å². The standard InChI is InChI=1S/C19H27N5O/c1-3-16-6-4-5-15(2)18(16)23-14-17(13-20)19(25)22-9-12-24-10-7-21-8-11-24/h4-6,14,21,23H,3,7-12H2,1-2H3,(H,22,25)/b17-14-. The summed E-state index contributed by atoms with van der Waals surface area (Å²) in [4.78, 5) is 14.5.